The van der Waals surface area contributed by atoms with E-state index in [2.05, 4.69) is 20.6 Å². The van der Waals surface area contributed by atoms with Gasteiger partial charge < -0.3 is 20.1 Å². The first-order valence-corrected chi connectivity index (χ1v) is 5.94. The van der Waals surface area contributed by atoms with Gasteiger partial charge in [0.05, 0.1) is 13.2 Å². The van der Waals surface area contributed by atoms with Gasteiger partial charge in [-0.05, 0) is 0 Å². The Morgan fingerprint density at radius 3 is 1.60 bits per heavy atom. The normalized spacial score (nSPS) is 9.60. The molecule has 20 heavy (non-hydrogen) atoms. The number of methoxy groups -OCH3 is 2. The fourth-order valence-corrected chi connectivity index (χ4v) is 1.38. The lowest BCUT2D eigenvalue weighted by Crippen LogP contribution is -2.16. The van der Waals surface area contributed by atoms with Crippen LogP contribution in [0, 0.1) is 22.7 Å². The first-order chi connectivity index (χ1) is 9.76. The maximum Gasteiger partial charge on any atom is 0.179 e. The maximum atomic E-state index is 8.95. The highest BCUT2D eigenvalue weighted by atomic mass is 16.5. The van der Waals surface area contributed by atoms with Crippen molar-refractivity contribution in [1.29, 1.82) is 10.5 Å². The topological polar surface area (TPSA) is 116 Å². The number of hydrogen-bond donors (Lipinski definition) is 2. The summed E-state index contributed by atoms with van der Waals surface area (Å²) in [5.41, 5.74) is -0.0191. The summed E-state index contributed by atoms with van der Waals surface area (Å²) in [5, 5.41) is 23.9. The summed E-state index contributed by atoms with van der Waals surface area (Å²) in [6, 6.07) is 3.70. The molecule has 0 amide bonds. The Morgan fingerprint density at radius 2 is 1.30 bits per heavy atom. The molecule has 8 nitrogen and oxygen atoms in total. The maximum absolute atomic E-state index is 8.95. The highest BCUT2D eigenvalue weighted by molar-refractivity contribution is 5.62. The van der Waals surface area contributed by atoms with Crippen molar-refractivity contribution in [1.82, 2.24) is 9.97 Å². The van der Waals surface area contributed by atoms with Crippen molar-refractivity contribution in [3.63, 3.8) is 0 Å². The van der Waals surface area contributed by atoms with Gasteiger partial charge in [0.1, 0.15) is 12.1 Å². The molecule has 0 atom stereocenters. The monoisotopic (exact) mass is 276 g/mol. The Balaban J connectivity index is 2.97. The minimum atomic E-state index is -0.00953. The third-order valence-electron chi connectivity index (χ3n) is 2.30. The number of nitriles is 2. The quantitative estimate of drug-likeness (QED) is 0.653. The average Bonchev–Trinajstić information content (AvgIpc) is 2.48. The molecular weight excluding hydrogens is 260 g/mol. The smallest absolute Gasteiger partial charge is 0.179 e. The molecule has 8 heteroatoms. The SMILES string of the molecule is COCCNc1nc(C#N)c(C#N)nc1NCCOC. The molecule has 1 aromatic heterocycles. The van der Waals surface area contributed by atoms with Gasteiger partial charge in [-0.15, -0.1) is 0 Å². The van der Waals surface area contributed by atoms with E-state index in [1.54, 1.807) is 14.2 Å². The van der Waals surface area contributed by atoms with Gasteiger partial charge in [-0.2, -0.15) is 10.5 Å². The van der Waals surface area contributed by atoms with E-state index >= 15 is 0 Å². The number of ether oxygens (including phenoxy) is 2. The Hall–Kier alpha value is -2.42. The molecule has 0 fully saturated rings. The first-order valence-electron chi connectivity index (χ1n) is 5.94. The number of nitrogens with one attached hydrogen (secondary N) is 2. The molecule has 0 bridgehead atoms. The van der Waals surface area contributed by atoms with Crippen molar-refractivity contribution in [2.45, 2.75) is 0 Å². The Labute approximate surface area is 117 Å². The molecule has 2 N–H and O–H groups in total. The fraction of sp³-hybridized carbons (Fsp3) is 0.500. The van der Waals surface area contributed by atoms with Crippen LogP contribution < -0.4 is 10.6 Å². The Kier molecular flexibility index (Phi) is 6.76. The molecule has 0 saturated heterocycles. The van der Waals surface area contributed by atoms with Gasteiger partial charge in [0.15, 0.2) is 23.0 Å². The molecule has 1 heterocycles. The molecule has 0 aromatic carbocycles. The van der Waals surface area contributed by atoms with Gasteiger partial charge in [-0.25, -0.2) is 9.97 Å². The van der Waals surface area contributed by atoms with Crippen molar-refractivity contribution in [3.8, 4) is 12.1 Å². The molecule has 0 radical (unpaired) electrons. The zero-order chi connectivity index (χ0) is 14.8. The number of nitrogens with zero attached hydrogens (tertiary/aromatic N) is 4. The molecule has 0 aliphatic rings. The van der Waals surface area contributed by atoms with Crippen LogP contribution >= 0.6 is 0 Å². The zero-order valence-corrected chi connectivity index (χ0v) is 11.4. The number of aromatic nitrogens is 2. The van der Waals surface area contributed by atoms with Crippen LogP contribution in [0.3, 0.4) is 0 Å². The summed E-state index contributed by atoms with van der Waals surface area (Å²) >= 11 is 0. The van der Waals surface area contributed by atoms with Crippen LogP contribution in [0.2, 0.25) is 0 Å². The van der Waals surface area contributed by atoms with Gasteiger partial charge in [0.25, 0.3) is 0 Å². The van der Waals surface area contributed by atoms with Crippen LogP contribution in [0.15, 0.2) is 0 Å². The van der Waals surface area contributed by atoms with Crippen molar-refractivity contribution in [3.05, 3.63) is 11.4 Å². The van der Waals surface area contributed by atoms with E-state index in [1.165, 1.54) is 0 Å². The third-order valence-corrected chi connectivity index (χ3v) is 2.30. The second-order valence-electron chi connectivity index (χ2n) is 3.68. The van der Waals surface area contributed by atoms with Gasteiger partial charge in [-0.1, -0.05) is 0 Å². The number of rotatable bonds is 8. The standard InChI is InChI=1S/C12H16N6O2/c1-19-5-3-15-11-12(16-4-6-20-2)18-10(8-14)9(7-13)17-11/h3-6H2,1-2H3,(H,15,17)(H,16,18). The Morgan fingerprint density at radius 1 is 0.900 bits per heavy atom. The minimum Gasteiger partial charge on any atom is -0.383 e. The number of hydrogen-bond acceptors (Lipinski definition) is 8. The summed E-state index contributed by atoms with van der Waals surface area (Å²) in [6.45, 7) is 2.00. The minimum absolute atomic E-state index is 0.00953. The Bertz CT molecular complexity index is 473. The van der Waals surface area contributed by atoms with Crippen molar-refractivity contribution >= 4 is 11.6 Å². The van der Waals surface area contributed by atoms with Gasteiger partial charge in [0.2, 0.25) is 0 Å². The molecule has 1 aromatic rings. The third kappa shape index (κ3) is 4.35. The van der Waals surface area contributed by atoms with Crippen LogP contribution in [0.1, 0.15) is 11.4 Å². The van der Waals surface area contributed by atoms with E-state index in [4.69, 9.17) is 20.0 Å². The highest BCUT2D eigenvalue weighted by Crippen LogP contribution is 2.18. The van der Waals surface area contributed by atoms with E-state index in [-0.39, 0.29) is 11.4 Å². The van der Waals surface area contributed by atoms with E-state index in [0.717, 1.165) is 0 Å². The van der Waals surface area contributed by atoms with Crippen molar-refractivity contribution < 1.29 is 9.47 Å². The predicted molar refractivity (Wildman–Crippen MR) is 72.2 cm³/mol. The first kappa shape index (κ1) is 15.6. The molecule has 0 aliphatic carbocycles. The summed E-state index contributed by atoms with van der Waals surface area (Å²) in [5.74, 6) is 0.822. The molecular formula is C12H16N6O2. The average molecular weight is 276 g/mol. The lowest BCUT2D eigenvalue weighted by atomic mass is 10.3. The highest BCUT2D eigenvalue weighted by Gasteiger charge is 2.13. The van der Waals surface area contributed by atoms with Crippen LogP contribution in [-0.4, -0.2) is 50.5 Å². The van der Waals surface area contributed by atoms with Crippen LogP contribution in [0.4, 0.5) is 11.6 Å². The summed E-state index contributed by atoms with van der Waals surface area (Å²) in [7, 11) is 3.18. The van der Waals surface area contributed by atoms with E-state index in [1.807, 2.05) is 12.1 Å². The van der Waals surface area contributed by atoms with Crippen LogP contribution in [0.25, 0.3) is 0 Å². The van der Waals surface area contributed by atoms with Crippen LogP contribution in [0.5, 0.6) is 0 Å². The van der Waals surface area contributed by atoms with E-state index < -0.39 is 0 Å². The molecule has 0 aliphatic heterocycles. The largest absolute Gasteiger partial charge is 0.383 e. The van der Waals surface area contributed by atoms with E-state index in [0.29, 0.717) is 37.9 Å². The molecule has 0 unspecified atom stereocenters. The second-order valence-corrected chi connectivity index (χ2v) is 3.68. The van der Waals surface area contributed by atoms with Gasteiger partial charge in [0, 0.05) is 27.3 Å². The molecule has 106 valence electrons. The van der Waals surface area contributed by atoms with Gasteiger partial charge in [-0.3, -0.25) is 0 Å². The lowest BCUT2D eigenvalue weighted by Gasteiger charge is -2.12. The van der Waals surface area contributed by atoms with Crippen molar-refractivity contribution in [2.24, 2.45) is 0 Å². The molecule has 1 rings (SSSR count). The molecule has 0 spiro atoms. The fourth-order valence-electron chi connectivity index (χ4n) is 1.38. The second kappa shape index (κ2) is 8.64. The van der Waals surface area contributed by atoms with Gasteiger partial charge >= 0.3 is 0 Å². The summed E-state index contributed by atoms with van der Waals surface area (Å²) in [6.07, 6.45) is 0. The lowest BCUT2D eigenvalue weighted by molar-refractivity contribution is 0.210. The van der Waals surface area contributed by atoms with Crippen LogP contribution in [-0.2, 0) is 9.47 Å². The van der Waals surface area contributed by atoms with Crippen molar-refractivity contribution in [2.75, 3.05) is 51.2 Å². The summed E-state index contributed by atoms with van der Waals surface area (Å²) in [4.78, 5) is 8.19. The zero-order valence-electron chi connectivity index (χ0n) is 11.4. The predicted octanol–water partition coefficient (Wildman–Crippen LogP) is 0.337. The molecule has 0 saturated carbocycles. The van der Waals surface area contributed by atoms with E-state index in [9.17, 15) is 0 Å². The summed E-state index contributed by atoms with van der Waals surface area (Å²) < 4.78 is 9.87. The number of anilines is 2.